The van der Waals surface area contributed by atoms with E-state index in [0.717, 1.165) is 55.3 Å². The Morgan fingerprint density at radius 3 is 0.919 bits per heavy atom. The van der Waals surface area contributed by atoms with Crippen molar-refractivity contribution in [2.75, 3.05) is 14.2 Å². The van der Waals surface area contributed by atoms with Gasteiger partial charge in [0.1, 0.15) is 11.5 Å². The standard InChI is InChI=1S/C58H44O2P2/c1-59-55-35-33-41-29-31-45(43-17-15-27-51(37-43)61(47-19-7-3-8-20-47)48-21-9-4-10-22-48)39-53(41)57(55)58-54-40-46(32-30-42(54)34-36-56(58)60-2)44-18-16-28-52(38-44)62(49-23-11-5-12-24-49)50-25-13-6-14-26-50/h3-40H,1-2H3. The van der Waals surface area contributed by atoms with Gasteiger partial charge in [-0.1, -0.05) is 194 Å². The van der Waals surface area contributed by atoms with Gasteiger partial charge in [0.15, 0.2) is 0 Å². The van der Waals surface area contributed by atoms with E-state index in [1.54, 1.807) is 14.2 Å². The fourth-order valence-electron chi connectivity index (χ4n) is 8.67. The third-order valence-electron chi connectivity index (χ3n) is 11.6. The Bertz CT molecular complexity index is 2860. The van der Waals surface area contributed by atoms with Gasteiger partial charge in [0, 0.05) is 11.1 Å². The molecule has 0 fully saturated rings. The summed E-state index contributed by atoms with van der Waals surface area (Å²) in [6.07, 6.45) is 0. The molecule has 0 aliphatic heterocycles. The van der Waals surface area contributed by atoms with Gasteiger partial charge in [-0.25, -0.2) is 0 Å². The molecule has 10 aromatic carbocycles. The van der Waals surface area contributed by atoms with Crippen LogP contribution < -0.4 is 41.3 Å². The van der Waals surface area contributed by atoms with E-state index in [4.69, 9.17) is 9.47 Å². The molecule has 0 bridgehead atoms. The largest absolute Gasteiger partial charge is 0.496 e. The van der Waals surface area contributed by atoms with E-state index >= 15 is 0 Å². The molecule has 0 spiro atoms. The fourth-order valence-corrected chi connectivity index (χ4v) is 13.3. The molecule has 0 saturated carbocycles. The zero-order chi connectivity index (χ0) is 41.8. The third kappa shape index (κ3) is 7.69. The Morgan fingerprint density at radius 2 is 0.581 bits per heavy atom. The highest BCUT2D eigenvalue weighted by atomic mass is 31.1. The minimum absolute atomic E-state index is 0.752. The number of hydrogen-bond acceptors (Lipinski definition) is 2. The molecule has 0 amide bonds. The molecule has 0 aliphatic carbocycles. The molecule has 0 heterocycles. The first-order valence-corrected chi connectivity index (χ1v) is 23.6. The molecule has 298 valence electrons. The van der Waals surface area contributed by atoms with Crippen molar-refractivity contribution in [3.8, 4) is 44.9 Å². The molecule has 2 nitrogen and oxygen atoms in total. The second kappa shape index (κ2) is 17.6. The Hall–Kier alpha value is -6.82. The van der Waals surface area contributed by atoms with E-state index in [1.807, 2.05) is 0 Å². The van der Waals surface area contributed by atoms with Gasteiger partial charge in [-0.15, -0.1) is 0 Å². The van der Waals surface area contributed by atoms with Gasteiger partial charge >= 0.3 is 0 Å². The van der Waals surface area contributed by atoms with Crippen LogP contribution in [0.3, 0.4) is 0 Å². The SMILES string of the molecule is COc1ccc2ccc(-c3cccc(P(c4ccccc4)c4ccccc4)c3)cc2c1-c1c(OC)ccc2ccc(-c3cccc(P(c4ccccc4)c4ccccc4)c3)cc12. The molecule has 62 heavy (non-hydrogen) atoms. The van der Waals surface area contributed by atoms with Crippen molar-refractivity contribution in [3.05, 3.63) is 231 Å². The Balaban J connectivity index is 1.12. The number of benzene rings is 10. The van der Waals surface area contributed by atoms with Crippen molar-refractivity contribution in [1.82, 2.24) is 0 Å². The Labute approximate surface area is 366 Å². The predicted octanol–water partition coefficient (Wildman–Crippen LogP) is 12.5. The molecule has 10 rings (SSSR count). The zero-order valence-electron chi connectivity index (χ0n) is 34.7. The van der Waals surface area contributed by atoms with Crippen LogP contribution in [0.15, 0.2) is 231 Å². The maximum absolute atomic E-state index is 6.24. The third-order valence-corrected chi connectivity index (χ3v) is 16.4. The van der Waals surface area contributed by atoms with Gasteiger partial charge in [-0.3, -0.25) is 0 Å². The van der Waals surface area contributed by atoms with Crippen LogP contribution in [0.2, 0.25) is 0 Å². The summed E-state index contributed by atoms with van der Waals surface area (Å²) in [6.45, 7) is 0. The van der Waals surface area contributed by atoms with E-state index in [-0.39, 0.29) is 0 Å². The predicted molar refractivity (Wildman–Crippen MR) is 268 cm³/mol. The topological polar surface area (TPSA) is 18.5 Å². The van der Waals surface area contributed by atoms with E-state index in [2.05, 4.69) is 231 Å². The van der Waals surface area contributed by atoms with Crippen LogP contribution in [0.25, 0.3) is 54.9 Å². The molecule has 0 aliphatic rings. The monoisotopic (exact) mass is 834 g/mol. The molecule has 0 saturated heterocycles. The van der Waals surface area contributed by atoms with Crippen LogP contribution in [-0.4, -0.2) is 14.2 Å². The second-order valence-corrected chi connectivity index (χ2v) is 19.7. The van der Waals surface area contributed by atoms with Crippen LogP contribution in [0.5, 0.6) is 11.5 Å². The summed E-state index contributed by atoms with van der Waals surface area (Å²) in [5.74, 6) is 1.60. The lowest BCUT2D eigenvalue weighted by Gasteiger charge is -2.21. The first-order chi connectivity index (χ1) is 30.7. The normalized spacial score (nSPS) is 11.4. The lowest BCUT2D eigenvalue weighted by molar-refractivity contribution is 0.411. The summed E-state index contributed by atoms with van der Waals surface area (Å²) in [7, 11) is 2.02. The minimum atomic E-state index is -0.752. The Morgan fingerprint density at radius 1 is 0.274 bits per heavy atom. The molecule has 10 aromatic rings. The average Bonchev–Trinajstić information content (AvgIpc) is 3.34. The van der Waals surface area contributed by atoms with Gasteiger partial charge in [-0.05, 0) is 128 Å². The number of hydrogen-bond donors (Lipinski definition) is 0. The minimum Gasteiger partial charge on any atom is -0.496 e. The molecule has 0 N–H and O–H groups in total. The molecule has 0 unspecified atom stereocenters. The second-order valence-electron chi connectivity index (χ2n) is 15.3. The first kappa shape index (κ1) is 39.3. The van der Waals surface area contributed by atoms with Gasteiger partial charge in [-0.2, -0.15) is 0 Å². The van der Waals surface area contributed by atoms with Crippen molar-refractivity contribution in [3.63, 3.8) is 0 Å². The molecular formula is C58H44O2P2. The number of methoxy groups -OCH3 is 2. The first-order valence-electron chi connectivity index (χ1n) is 20.9. The van der Waals surface area contributed by atoms with E-state index in [9.17, 15) is 0 Å². The number of ether oxygens (including phenoxy) is 2. The smallest absolute Gasteiger partial charge is 0.127 e. The summed E-state index contributed by atoms with van der Waals surface area (Å²) in [5.41, 5.74) is 6.68. The van der Waals surface area contributed by atoms with E-state index < -0.39 is 15.8 Å². The quantitative estimate of drug-likeness (QED) is 0.121. The zero-order valence-corrected chi connectivity index (χ0v) is 36.4. The summed E-state index contributed by atoms with van der Waals surface area (Å²) in [4.78, 5) is 0. The molecule has 0 atom stereocenters. The lowest BCUT2D eigenvalue weighted by atomic mass is 9.89. The van der Waals surface area contributed by atoms with Gasteiger partial charge < -0.3 is 9.47 Å². The van der Waals surface area contributed by atoms with Crippen LogP contribution in [0.1, 0.15) is 0 Å². The summed E-state index contributed by atoms with van der Waals surface area (Å²) < 4.78 is 12.5. The van der Waals surface area contributed by atoms with Crippen molar-refractivity contribution >= 4 is 69.2 Å². The average molecular weight is 835 g/mol. The van der Waals surface area contributed by atoms with Crippen molar-refractivity contribution in [2.24, 2.45) is 0 Å². The van der Waals surface area contributed by atoms with Crippen LogP contribution >= 0.6 is 15.8 Å². The number of rotatable bonds is 11. The van der Waals surface area contributed by atoms with Crippen LogP contribution in [0.4, 0.5) is 0 Å². The van der Waals surface area contributed by atoms with Crippen LogP contribution in [-0.2, 0) is 0 Å². The maximum Gasteiger partial charge on any atom is 0.127 e. The van der Waals surface area contributed by atoms with Crippen LogP contribution in [0, 0.1) is 0 Å². The molecule has 0 aromatic heterocycles. The highest BCUT2D eigenvalue weighted by molar-refractivity contribution is 7.80. The van der Waals surface area contributed by atoms with E-state index in [0.29, 0.717) is 0 Å². The highest BCUT2D eigenvalue weighted by Crippen LogP contribution is 2.47. The van der Waals surface area contributed by atoms with E-state index in [1.165, 1.54) is 43.0 Å². The van der Waals surface area contributed by atoms with Gasteiger partial charge in [0.2, 0.25) is 0 Å². The van der Waals surface area contributed by atoms with Gasteiger partial charge in [0.05, 0.1) is 14.2 Å². The van der Waals surface area contributed by atoms with Crippen molar-refractivity contribution in [1.29, 1.82) is 0 Å². The Kier molecular flexibility index (Phi) is 11.2. The highest BCUT2D eigenvalue weighted by Gasteiger charge is 2.22. The summed E-state index contributed by atoms with van der Waals surface area (Å²) in [6, 6.07) is 83.9. The maximum atomic E-state index is 6.24. The van der Waals surface area contributed by atoms with Gasteiger partial charge in [0.25, 0.3) is 0 Å². The molecular weight excluding hydrogens is 791 g/mol. The summed E-state index contributed by atoms with van der Waals surface area (Å²) in [5, 5.41) is 12.4. The molecule has 4 heteroatoms. The van der Waals surface area contributed by atoms with Crippen molar-refractivity contribution in [2.45, 2.75) is 0 Å². The number of fused-ring (bicyclic) bond motifs is 2. The lowest BCUT2D eigenvalue weighted by Crippen LogP contribution is -2.20. The van der Waals surface area contributed by atoms with Crippen molar-refractivity contribution < 1.29 is 9.47 Å². The fraction of sp³-hybridized carbons (Fsp3) is 0.0345. The molecule has 0 radical (unpaired) electrons. The summed E-state index contributed by atoms with van der Waals surface area (Å²) >= 11 is 0.